The van der Waals surface area contributed by atoms with E-state index in [0.29, 0.717) is 67.2 Å². The summed E-state index contributed by atoms with van der Waals surface area (Å²) in [6.07, 6.45) is 0.596. The molecule has 7 nitrogen and oxygen atoms in total. The van der Waals surface area contributed by atoms with Gasteiger partial charge in [-0.3, -0.25) is 9.59 Å². The molecule has 2 aliphatic heterocycles. The largest absolute Gasteiger partial charge is 0.440 e. The molecule has 2 aromatic carbocycles. The highest BCUT2D eigenvalue weighted by molar-refractivity contribution is 5.98. The van der Waals surface area contributed by atoms with Gasteiger partial charge in [-0.15, -0.1) is 0 Å². The summed E-state index contributed by atoms with van der Waals surface area (Å²) in [5.41, 5.74) is 2.93. The number of benzene rings is 2. The first-order chi connectivity index (χ1) is 16.3. The summed E-state index contributed by atoms with van der Waals surface area (Å²) >= 11 is 0. The van der Waals surface area contributed by atoms with E-state index in [2.05, 4.69) is 4.90 Å². The maximum absolute atomic E-state index is 14.4. The van der Waals surface area contributed by atoms with Gasteiger partial charge in [-0.1, -0.05) is 6.07 Å². The molecule has 3 aromatic rings. The van der Waals surface area contributed by atoms with Gasteiger partial charge < -0.3 is 23.9 Å². The molecule has 3 heterocycles. The number of ether oxygens (including phenoxy) is 1. The molecule has 2 aliphatic rings. The Morgan fingerprint density at radius 2 is 1.94 bits per heavy atom. The normalized spacial score (nSPS) is 17.8. The summed E-state index contributed by atoms with van der Waals surface area (Å²) in [4.78, 5) is 31.6. The summed E-state index contributed by atoms with van der Waals surface area (Å²) in [6.45, 7) is 4.84. The first-order valence-corrected chi connectivity index (χ1v) is 11.5. The Kier molecular flexibility index (Phi) is 5.77. The number of anilines is 2. The summed E-state index contributed by atoms with van der Waals surface area (Å²) in [6, 6.07) is 10.1. The molecule has 1 amide bonds. The van der Waals surface area contributed by atoms with Crippen molar-refractivity contribution in [2.24, 2.45) is 0 Å². The minimum Gasteiger partial charge on any atom is -0.440 e. The number of amides is 1. The van der Waals surface area contributed by atoms with Gasteiger partial charge in [0.2, 0.25) is 0 Å². The van der Waals surface area contributed by atoms with Crippen molar-refractivity contribution in [1.29, 1.82) is 0 Å². The molecule has 1 unspecified atom stereocenters. The van der Waals surface area contributed by atoms with Crippen molar-refractivity contribution in [2.45, 2.75) is 25.9 Å². The number of hydrogen-bond acceptors (Lipinski definition) is 6. The molecule has 0 saturated carbocycles. The predicted octanol–water partition coefficient (Wildman–Crippen LogP) is 3.42. The van der Waals surface area contributed by atoms with Crippen LogP contribution < -0.4 is 15.2 Å². The summed E-state index contributed by atoms with van der Waals surface area (Å²) < 4.78 is 26.2. The lowest BCUT2D eigenvalue weighted by molar-refractivity contribution is 0.0827. The maximum Gasteiger partial charge on any atom is 0.253 e. The van der Waals surface area contributed by atoms with Crippen LogP contribution in [0.5, 0.6) is 0 Å². The van der Waals surface area contributed by atoms with Crippen LogP contribution in [0.2, 0.25) is 0 Å². The summed E-state index contributed by atoms with van der Waals surface area (Å²) in [5.74, 6) is 0.0877. The molecule has 178 valence electrons. The van der Waals surface area contributed by atoms with E-state index in [1.165, 1.54) is 17.0 Å². The third kappa shape index (κ3) is 3.92. The van der Waals surface area contributed by atoms with Crippen molar-refractivity contribution < 1.29 is 18.3 Å². The number of carbonyl (C=O) groups excluding carboxylic acids is 1. The Bertz CT molecular complexity index is 1310. The minimum absolute atomic E-state index is 0.0595. The Balaban J connectivity index is 1.65. The standard InChI is InChI=1S/C26H28FN3O4/c1-16-11-19-21(27)5-4-6-22(19)30(16)15-18-12-17(26(32)28(2)3)13-20-23(31)14-24(34-25(18)20)29-7-9-33-10-8-29/h4-6,12-14,16H,7-11,15H2,1-3H3. The molecule has 0 radical (unpaired) electrons. The van der Waals surface area contributed by atoms with Crippen LogP contribution in [0, 0.1) is 5.82 Å². The Hall–Kier alpha value is -3.39. The predicted molar refractivity (Wildman–Crippen MR) is 129 cm³/mol. The van der Waals surface area contributed by atoms with E-state index in [1.54, 1.807) is 32.3 Å². The molecular formula is C26H28FN3O4. The van der Waals surface area contributed by atoms with Crippen molar-refractivity contribution in [3.63, 3.8) is 0 Å². The minimum atomic E-state index is -0.214. The fourth-order valence-corrected chi connectivity index (χ4v) is 4.84. The Morgan fingerprint density at radius 3 is 2.68 bits per heavy atom. The number of rotatable bonds is 4. The number of carbonyl (C=O) groups is 1. The molecule has 8 heteroatoms. The molecule has 5 rings (SSSR count). The van der Waals surface area contributed by atoms with Crippen LogP contribution >= 0.6 is 0 Å². The second-order valence-corrected chi connectivity index (χ2v) is 9.18. The van der Waals surface area contributed by atoms with Crippen LogP contribution in [0.15, 0.2) is 45.6 Å². The maximum atomic E-state index is 14.4. The third-order valence-electron chi connectivity index (χ3n) is 6.64. The van der Waals surface area contributed by atoms with Gasteiger partial charge in [0.15, 0.2) is 11.3 Å². The number of halogens is 1. The van der Waals surface area contributed by atoms with Crippen LogP contribution in [0.1, 0.15) is 28.4 Å². The number of fused-ring (bicyclic) bond motifs is 2. The van der Waals surface area contributed by atoms with Gasteiger partial charge in [-0.05, 0) is 37.6 Å². The highest BCUT2D eigenvalue weighted by Crippen LogP contribution is 2.36. The lowest BCUT2D eigenvalue weighted by Gasteiger charge is -2.28. The van der Waals surface area contributed by atoms with E-state index in [0.717, 1.165) is 11.3 Å². The first kappa shape index (κ1) is 22.4. The first-order valence-electron chi connectivity index (χ1n) is 11.5. The highest BCUT2D eigenvalue weighted by Gasteiger charge is 2.29. The van der Waals surface area contributed by atoms with E-state index >= 15 is 0 Å². The van der Waals surface area contributed by atoms with Crippen LogP contribution in [-0.4, -0.2) is 57.2 Å². The van der Waals surface area contributed by atoms with Crippen molar-refractivity contribution >= 4 is 28.4 Å². The lowest BCUT2D eigenvalue weighted by Crippen LogP contribution is -2.36. The molecule has 1 atom stereocenters. The average Bonchev–Trinajstić information content (AvgIpc) is 3.15. The molecule has 1 fully saturated rings. The smallest absolute Gasteiger partial charge is 0.253 e. The molecule has 34 heavy (non-hydrogen) atoms. The molecule has 1 saturated heterocycles. The van der Waals surface area contributed by atoms with E-state index in [-0.39, 0.29) is 23.2 Å². The van der Waals surface area contributed by atoms with Gasteiger partial charge in [0.1, 0.15) is 11.4 Å². The van der Waals surface area contributed by atoms with Gasteiger partial charge in [0.25, 0.3) is 5.91 Å². The Morgan fingerprint density at radius 1 is 1.18 bits per heavy atom. The molecule has 1 aromatic heterocycles. The zero-order valence-electron chi connectivity index (χ0n) is 19.6. The van der Waals surface area contributed by atoms with E-state index in [9.17, 15) is 14.0 Å². The fraction of sp³-hybridized carbons (Fsp3) is 0.385. The molecule has 0 aliphatic carbocycles. The molecular weight excluding hydrogens is 437 g/mol. The quantitative estimate of drug-likeness (QED) is 0.588. The van der Waals surface area contributed by atoms with Crippen LogP contribution in [0.25, 0.3) is 11.0 Å². The zero-order valence-corrected chi connectivity index (χ0v) is 19.6. The van der Waals surface area contributed by atoms with Crippen LogP contribution in [0.4, 0.5) is 16.0 Å². The summed E-state index contributed by atoms with van der Waals surface area (Å²) in [5, 5.41) is 0.367. The number of hydrogen-bond donors (Lipinski definition) is 0. The van der Waals surface area contributed by atoms with Crippen molar-refractivity contribution in [1.82, 2.24) is 4.90 Å². The third-order valence-corrected chi connectivity index (χ3v) is 6.64. The SMILES string of the molecule is CC1Cc2c(F)cccc2N1Cc1cc(C(=O)N(C)C)cc2c(=O)cc(N3CCOCC3)oc12. The van der Waals surface area contributed by atoms with Gasteiger partial charge in [-0.25, -0.2) is 4.39 Å². The molecule has 0 bridgehead atoms. The van der Waals surface area contributed by atoms with E-state index in [4.69, 9.17) is 9.15 Å². The van der Waals surface area contributed by atoms with Crippen molar-refractivity contribution in [3.05, 3.63) is 69.1 Å². The van der Waals surface area contributed by atoms with E-state index < -0.39 is 0 Å². The fourth-order valence-electron chi connectivity index (χ4n) is 4.84. The second-order valence-electron chi connectivity index (χ2n) is 9.18. The lowest BCUT2D eigenvalue weighted by atomic mass is 10.0. The van der Waals surface area contributed by atoms with Gasteiger partial charge in [0, 0.05) is 68.2 Å². The Labute approximate surface area is 197 Å². The second kappa shape index (κ2) is 8.76. The van der Waals surface area contributed by atoms with Gasteiger partial charge in [-0.2, -0.15) is 0 Å². The van der Waals surface area contributed by atoms with Gasteiger partial charge in [0.05, 0.1) is 18.6 Å². The van der Waals surface area contributed by atoms with Gasteiger partial charge >= 0.3 is 0 Å². The average molecular weight is 466 g/mol. The summed E-state index contributed by atoms with van der Waals surface area (Å²) in [7, 11) is 3.36. The van der Waals surface area contributed by atoms with Crippen molar-refractivity contribution in [2.75, 3.05) is 50.2 Å². The van der Waals surface area contributed by atoms with Crippen LogP contribution in [-0.2, 0) is 17.7 Å². The number of nitrogens with zero attached hydrogens (tertiary/aromatic N) is 3. The van der Waals surface area contributed by atoms with Crippen LogP contribution in [0.3, 0.4) is 0 Å². The monoisotopic (exact) mass is 465 g/mol. The van der Waals surface area contributed by atoms with E-state index in [1.807, 2.05) is 17.9 Å². The zero-order chi connectivity index (χ0) is 24.0. The van der Waals surface area contributed by atoms with Crippen molar-refractivity contribution in [3.8, 4) is 0 Å². The topological polar surface area (TPSA) is 66.2 Å². The highest BCUT2D eigenvalue weighted by atomic mass is 19.1. The number of morpholine rings is 1. The molecule has 0 spiro atoms. The molecule has 0 N–H and O–H groups in total.